The summed E-state index contributed by atoms with van der Waals surface area (Å²) in [6, 6.07) is 1.36. The lowest BCUT2D eigenvalue weighted by Crippen LogP contribution is -1.91. The molecule has 0 aliphatic carbocycles. The minimum absolute atomic E-state index is 0.118. The van der Waals surface area contributed by atoms with Crippen molar-refractivity contribution in [1.29, 1.82) is 0 Å². The summed E-state index contributed by atoms with van der Waals surface area (Å²) in [7, 11) is 0. The van der Waals surface area contributed by atoms with Crippen LogP contribution in [0.2, 0.25) is 0 Å². The molecule has 0 saturated heterocycles. The van der Waals surface area contributed by atoms with E-state index in [0.29, 0.717) is 5.69 Å². The quantitative estimate of drug-likeness (QED) is 0.673. The second-order valence-corrected chi connectivity index (χ2v) is 1.64. The van der Waals surface area contributed by atoms with Crippen LogP contribution in [0.4, 0.5) is 0 Å². The summed E-state index contributed by atoms with van der Waals surface area (Å²) in [5, 5.41) is 11.6. The predicted molar refractivity (Wildman–Crippen MR) is 39.5 cm³/mol. The van der Waals surface area contributed by atoms with E-state index >= 15 is 0 Å². The molecule has 0 aliphatic rings. The van der Waals surface area contributed by atoms with Gasteiger partial charge in [0.25, 0.3) is 0 Å². The molecule has 1 N–H and O–H groups in total. The molecule has 1 aromatic rings. The highest BCUT2D eigenvalue weighted by atomic mass is 16.5. The number of aryl methyl sites for hydroxylation is 1. The zero-order chi connectivity index (χ0) is 8.85. The Morgan fingerprint density at radius 2 is 2.18 bits per heavy atom. The van der Waals surface area contributed by atoms with Gasteiger partial charge in [-0.25, -0.2) is 4.79 Å². The lowest BCUT2D eigenvalue weighted by Gasteiger charge is -1.76. The van der Waals surface area contributed by atoms with Gasteiger partial charge in [-0.05, 0) is 6.92 Å². The monoisotopic (exact) mass is 157 g/mol. The Balaban J connectivity index is 0.000000461. The third-order valence-electron chi connectivity index (χ3n) is 0.839. The van der Waals surface area contributed by atoms with Crippen LogP contribution in [0.5, 0.6) is 0 Å². The van der Waals surface area contributed by atoms with Crippen LogP contribution in [0.25, 0.3) is 0 Å². The van der Waals surface area contributed by atoms with Crippen molar-refractivity contribution in [2.75, 3.05) is 0 Å². The number of carboxylic acids is 1. The van der Waals surface area contributed by atoms with Gasteiger partial charge in [-0.15, -0.1) is 0 Å². The van der Waals surface area contributed by atoms with E-state index in [1.54, 1.807) is 6.92 Å². The Morgan fingerprint density at radius 1 is 1.64 bits per heavy atom. The molecule has 1 rings (SSSR count). The van der Waals surface area contributed by atoms with Crippen molar-refractivity contribution >= 4 is 5.97 Å². The van der Waals surface area contributed by atoms with E-state index in [0.717, 1.165) is 0 Å². The van der Waals surface area contributed by atoms with Crippen LogP contribution in [-0.4, -0.2) is 16.2 Å². The highest BCUT2D eigenvalue weighted by molar-refractivity contribution is 5.84. The molecule has 0 radical (unpaired) electrons. The van der Waals surface area contributed by atoms with Gasteiger partial charge in [-0.2, -0.15) is 0 Å². The molecule has 62 valence electrons. The number of rotatable bonds is 1. The highest BCUT2D eigenvalue weighted by Gasteiger charge is 2.07. The lowest BCUT2D eigenvalue weighted by atomic mass is 10.4. The maximum Gasteiger partial charge on any atom is 0.374 e. The molecule has 1 aromatic heterocycles. The Labute approximate surface area is 64.8 Å². The van der Waals surface area contributed by atoms with Crippen molar-refractivity contribution in [3.05, 3.63) is 17.5 Å². The molecule has 0 spiro atoms. The minimum Gasteiger partial charge on any atom is -0.475 e. The molecule has 0 amide bonds. The van der Waals surface area contributed by atoms with Crippen LogP contribution < -0.4 is 0 Å². The van der Waals surface area contributed by atoms with Crippen LogP contribution in [0.15, 0.2) is 10.6 Å². The van der Waals surface area contributed by atoms with Crippen LogP contribution in [0, 0.1) is 6.92 Å². The molecular weight excluding hydrogens is 146 g/mol. The van der Waals surface area contributed by atoms with E-state index in [9.17, 15) is 4.79 Å². The molecule has 0 aromatic carbocycles. The average Bonchev–Trinajstić information content (AvgIpc) is 2.40. The fourth-order valence-corrected chi connectivity index (χ4v) is 0.464. The molecule has 4 heteroatoms. The summed E-state index contributed by atoms with van der Waals surface area (Å²) in [5.41, 5.74) is 0.576. The predicted octanol–water partition coefficient (Wildman–Crippen LogP) is 1.71. The number of nitrogens with zero attached hydrogens (tertiary/aromatic N) is 1. The normalized spacial score (nSPS) is 8.27. The molecule has 0 atom stereocenters. The molecule has 0 bridgehead atoms. The van der Waals surface area contributed by atoms with E-state index in [2.05, 4.69) is 9.68 Å². The van der Waals surface area contributed by atoms with Gasteiger partial charge >= 0.3 is 5.97 Å². The first-order valence-corrected chi connectivity index (χ1v) is 3.37. The fourth-order valence-electron chi connectivity index (χ4n) is 0.464. The van der Waals surface area contributed by atoms with E-state index in [1.165, 1.54) is 6.07 Å². The Bertz CT molecular complexity index is 229. The van der Waals surface area contributed by atoms with Crippen LogP contribution >= 0.6 is 0 Å². The highest BCUT2D eigenvalue weighted by Crippen LogP contribution is 2.00. The van der Waals surface area contributed by atoms with Gasteiger partial charge < -0.3 is 9.63 Å². The van der Waals surface area contributed by atoms with Crippen molar-refractivity contribution in [3.63, 3.8) is 0 Å². The summed E-state index contributed by atoms with van der Waals surface area (Å²) in [6.07, 6.45) is 0. The number of aromatic carboxylic acids is 1. The van der Waals surface area contributed by atoms with Crippen molar-refractivity contribution in [3.8, 4) is 0 Å². The van der Waals surface area contributed by atoms with Crippen LogP contribution in [0.3, 0.4) is 0 Å². The standard InChI is InChI=1S/C5H5NO3.C2H6/c1-3-2-4(5(7)8)9-6-3;1-2/h2H,1H3,(H,7,8);1-2H3. The summed E-state index contributed by atoms with van der Waals surface area (Å²) in [5.74, 6) is -1.21. The first kappa shape index (κ1) is 9.68. The Hall–Kier alpha value is -1.32. The van der Waals surface area contributed by atoms with Gasteiger partial charge in [-0.1, -0.05) is 19.0 Å². The van der Waals surface area contributed by atoms with Crippen LogP contribution in [-0.2, 0) is 0 Å². The van der Waals surface area contributed by atoms with Gasteiger partial charge in [0.15, 0.2) is 0 Å². The second kappa shape index (κ2) is 4.49. The molecule has 0 saturated carbocycles. The first-order chi connectivity index (χ1) is 5.20. The zero-order valence-corrected chi connectivity index (χ0v) is 6.79. The molecule has 0 fully saturated rings. The van der Waals surface area contributed by atoms with Crippen molar-refractivity contribution < 1.29 is 14.4 Å². The molecule has 0 aliphatic heterocycles. The SMILES string of the molecule is CC.Cc1cc(C(=O)O)on1. The molecule has 11 heavy (non-hydrogen) atoms. The second-order valence-electron chi connectivity index (χ2n) is 1.64. The maximum atomic E-state index is 10.1. The van der Waals surface area contributed by atoms with E-state index in [-0.39, 0.29) is 5.76 Å². The third-order valence-corrected chi connectivity index (χ3v) is 0.839. The summed E-state index contributed by atoms with van der Waals surface area (Å²) in [6.45, 7) is 5.66. The molecular formula is C7H11NO3. The number of hydrogen-bond donors (Lipinski definition) is 1. The lowest BCUT2D eigenvalue weighted by molar-refractivity contribution is 0.0652. The number of carbonyl (C=O) groups is 1. The Kier molecular flexibility index (Phi) is 3.95. The van der Waals surface area contributed by atoms with Crippen LogP contribution in [0.1, 0.15) is 30.1 Å². The van der Waals surface area contributed by atoms with E-state index in [1.807, 2.05) is 13.8 Å². The summed E-state index contributed by atoms with van der Waals surface area (Å²) < 4.78 is 4.38. The van der Waals surface area contributed by atoms with Crippen molar-refractivity contribution in [1.82, 2.24) is 5.16 Å². The average molecular weight is 157 g/mol. The van der Waals surface area contributed by atoms with Crippen molar-refractivity contribution in [2.45, 2.75) is 20.8 Å². The van der Waals surface area contributed by atoms with Gasteiger partial charge in [0, 0.05) is 6.07 Å². The Morgan fingerprint density at radius 3 is 2.36 bits per heavy atom. The number of carboxylic acid groups (broad SMARTS) is 1. The zero-order valence-electron chi connectivity index (χ0n) is 6.79. The topological polar surface area (TPSA) is 63.3 Å². The largest absolute Gasteiger partial charge is 0.475 e. The molecule has 0 unspecified atom stereocenters. The maximum absolute atomic E-state index is 10.1. The third kappa shape index (κ3) is 2.84. The van der Waals surface area contributed by atoms with Gasteiger partial charge in [0.05, 0.1) is 5.69 Å². The summed E-state index contributed by atoms with van der Waals surface area (Å²) >= 11 is 0. The molecule has 1 heterocycles. The molecule has 4 nitrogen and oxygen atoms in total. The minimum atomic E-state index is -1.09. The number of aromatic nitrogens is 1. The van der Waals surface area contributed by atoms with Gasteiger partial charge in [0.2, 0.25) is 5.76 Å². The van der Waals surface area contributed by atoms with E-state index in [4.69, 9.17) is 5.11 Å². The smallest absolute Gasteiger partial charge is 0.374 e. The van der Waals surface area contributed by atoms with E-state index < -0.39 is 5.97 Å². The number of hydrogen-bond acceptors (Lipinski definition) is 3. The summed E-state index contributed by atoms with van der Waals surface area (Å²) in [4.78, 5) is 10.1. The van der Waals surface area contributed by atoms with Gasteiger partial charge in [-0.3, -0.25) is 0 Å². The van der Waals surface area contributed by atoms with Gasteiger partial charge in [0.1, 0.15) is 0 Å². The van der Waals surface area contributed by atoms with Crippen molar-refractivity contribution in [2.24, 2.45) is 0 Å². The fraction of sp³-hybridized carbons (Fsp3) is 0.429. The first-order valence-electron chi connectivity index (χ1n) is 3.37.